The molecule has 1 radical (unpaired) electrons. The van der Waals surface area contributed by atoms with Crippen LogP contribution in [0.4, 0.5) is 0 Å². The van der Waals surface area contributed by atoms with E-state index in [1.165, 1.54) is 47.6 Å². The summed E-state index contributed by atoms with van der Waals surface area (Å²) in [6, 6.07) is 40.9. The molecule has 2 nitrogen and oxygen atoms in total. The Hall–Kier alpha value is -3.73. The van der Waals surface area contributed by atoms with Crippen molar-refractivity contribution < 1.29 is 21.5 Å². The minimum Gasteiger partial charge on any atom is -0.305 e. The molecule has 7 rings (SSSR count). The van der Waals surface area contributed by atoms with E-state index in [1.54, 1.807) is 11.3 Å². The van der Waals surface area contributed by atoms with Crippen molar-refractivity contribution in [1.29, 1.82) is 0 Å². The summed E-state index contributed by atoms with van der Waals surface area (Å²) in [5, 5.41) is 3.83. The van der Waals surface area contributed by atoms with Gasteiger partial charge < -0.3 is 9.97 Å². The Morgan fingerprint density at radius 2 is 1.54 bits per heavy atom. The summed E-state index contributed by atoms with van der Waals surface area (Å²) in [4.78, 5) is 9.37. The van der Waals surface area contributed by atoms with Crippen LogP contribution in [0.25, 0.3) is 53.8 Å². The molecule has 0 aliphatic rings. The second kappa shape index (κ2) is 16.1. The number of fused-ring (bicyclic) bond motifs is 3. The fourth-order valence-corrected chi connectivity index (χ4v) is 8.78. The second-order valence-electron chi connectivity index (χ2n) is 16.0. The average Bonchev–Trinajstić information content (AvgIpc) is 3.51. The molecule has 0 fully saturated rings. The zero-order valence-electron chi connectivity index (χ0n) is 33.1. The molecular weight excluding hydrogens is 845 g/mol. The van der Waals surface area contributed by atoms with Crippen LogP contribution >= 0.6 is 11.3 Å². The maximum atomic E-state index is 8.73. The standard InChI is InChI=1S/C29H26NS.C18H24NSi.Ir/c1-18(2)21-15-16-30-26(17-21)24-14-13-23(20-9-6-5-7-10-20)27-25-12-8-11-22(19(3)4)28(25)31-29(24)27;1-18(2,3)15-9-7-8-14(12-15)17-11-10-16(13-19-17)20(4,5)6;/h5-13,15-19H,1-4H3;7,9-13H,1-6H3;/q2*-1;/i19D;;. The molecule has 0 saturated carbocycles. The van der Waals surface area contributed by atoms with Crippen molar-refractivity contribution in [2.45, 2.75) is 85.3 Å². The number of rotatable bonds is 6. The SMILES string of the molecule is CC(C)(C)c1cc[c-]c(-c2ccc([Si](C)(C)C)cn2)c1.[2H]C(C)(C)c1cccc2c1sc1c(-c3cc(C(C)C)ccn3)[c-]cc(-c3ccccc3)c12.[Ir]. The third kappa shape index (κ3) is 8.56. The molecule has 0 amide bonds. The molecule has 7 aromatic rings. The number of aromatic nitrogens is 2. The monoisotopic (exact) mass is 896 g/mol. The number of hydrogen-bond acceptors (Lipinski definition) is 3. The second-order valence-corrected chi connectivity index (χ2v) is 22.1. The molecule has 3 heterocycles. The van der Waals surface area contributed by atoms with Crippen LogP contribution in [-0.4, -0.2) is 18.0 Å². The molecule has 0 unspecified atom stereocenters. The van der Waals surface area contributed by atoms with Crippen molar-refractivity contribution in [1.82, 2.24) is 9.97 Å². The van der Waals surface area contributed by atoms with Gasteiger partial charge in [0, 0.05) is 38.6 Å². The first-order valence-electron chi connectivity index (χ1n) is 18.4. The van der Waals surface area contributed by atoms with E-state index in [1.807, 2.05) is 38.4 Å². The predicted molar refractivity (Wildman–Crippen MR) is 225 cm³/mol. The van der Waals surface area contributed by atoms with Crippen molar-refractivity contribution in [2.24, 2.45) is 0 Å². The number of pyridine rings is 2. The van der Waals surface area contributed by atoms with Crippen molar-refractivity contribution in [3.05, 3.63) is 138 Å². The smallest absolute Gasteiger partial charge is 0.0795 e. The van der Waals surface area contributed by atoms with E-state index < -0.39 is 14.0 Å². The number of thiophene rings is 1. The first kappa shape index (κ1) is 38.0. The summed E-state index contributed by atoms with van der Waals surface area (Å²) < 4.78 is 11.1. The summed E-state index contributed by atoms with van der Waals surface area (Å²) in [5.74, 6) is -0.235. The normalized spacial score (nSPS) is 12.3. The molecule has 0 atom stereocenters. The number of nitrogens with zero attached hydrogens (tertiary/aromatic N) is 2. The summed E-state index contributed by atoms with van der Waals surface area (Å²) in [6.07, 6.45) is 3.94. The van der Waals surface area contributed by atoms with Crippen molar-refractivity contribution in [3.63, 3.8) is 0 Å². The first-order chi connectivity index (χ1) is 24.5. The van der Waals surface area contributed by atoms with Gasteiger partial charge in [0.2, 0.25) is 0 Å². The van der Waals surface area contributed by atoms with E-state index in [2.05, 4.69) is 156 Å². The van der Waals surface area contributed by atoms with Gasteiger partial charge in [0.25, 0.3) is 0 Å². The molecule has 4 aromatic carbocycles. The van der Waals surface area contributed by atoms with Gasteiger partial charge in [-0.3, -0.25) is 0 Å². The summed E-state index contributed by atoms with van der Waals surface area (Å²) in [7, 11) is -1.27. The Morgan fingerprint density at radius 1 is 0.788 bits per heavy atom. The van der Waals surface area contributed by atoms with Crippen molar-refractivity contribution in [2.75, 3.05) is 0 Å². The fraction of sp³-hybridized carbons (Fsp3) is 0.277. The first-order valence-corrected chi connectivity index (χ1v) is 22.3. The van der Waals surface area contributed by atoms with Crippen LogP contribution in [0.3, 0.4) is 0 Å². The van der Waals surface area contributed by atoms with E-state index >= 15 is 0 Å². The Labute approximate surface area is 331 Å². The van der Waals surface area contributed by atoms with Gasteiger partial charge in [-0.25, -0.2) is 0 Å². The van der Waals surface area contributed by atoms with Crippen LogP contribution in [0.5, 0.6) is 0 Å². The van der Waals surface area contributed by atoms with Gasteiger partial charge in [0.1, 0.15) is 0 Å². The van der Waals surface area contributed by atoms with Gasteiger partial charge >= 0.3 is 0 Å². The minimum absolute atomic E-state index is 0. The Balaban J connectivity index is 0.000000223. The molecule has 0 bridgehead atoms. The molecule has 0 saturated heterocycles. The maximum Gasteiger partial charge on any atom is 0.0795 e. The summed E-state index contributed by atoms with van der Waals surface area (Å²) >= 11 is 1.77. The molecule has 3 aromatic heterocycles. The van der Waals surface area contributed by atoms with E-state index in [0.29, 0.717) is 5.92 Å². The molecule has 0 spiro atoms. The van der Waals surface area contributed by atoms with Gasteiger partial charge in [0.15, 0.2) is 0 Å². The van der Waals surface area contributed by atoms with E-state index in [9.17, 15) is 0 Å². The largest absolute Gasteiger partial charge is 0.305 e. The third-order valence-electron chi connectivity index (χ3n) is 9.48. The Morgan fingerprint density at radius 3 is 2.17 bits per heavy atom. The van der Waals surface area contributed by atoms with Gasteiger partial charge in [-0.05, 0) is 55.5 Å². The van der Waals surface area contributed by atoms with E-state index in [-0.39, 0.29) is 25.5 Å². The van der Waals surface area contributed by atoms with E-state index in [0.717, 1.165) is 28.1 Å². The van der Waals surface area contributed by atoms with Gasteiger partial charge in [-0.2, -0.15) is 11.3 Å². The quantitative estimate of drug-likeness (QED) is 0.123. The minimum atomic E-state index is -1.27. The van der Waals surface area contributed by atoms with Gasteiger partial charge in [-0.1, -0.05) is 157 Å². The molecule has 5 heteroatoms. The van der Waals surface area contributed by atoms with Crippen LogP contribution in [0.15, 0.2) is 109 Å². The zero-order chi connectivity index (χ0) is 37.4. The Kier molecular flexibility index (Phi) is 11.8. The predicted octanol–water partition coefficient (Wildman–Crippen LogP) is 13.2. The van der Waals surface area contributed by atoms with E-state index in [4.69, 9.17) is 6.35 Å². The molecule has 0 N–H and O–H groups in total. The van der Waals surface area contributed by atoms with Gasteiger partial charge in [0.05, 0.1) is 8.07 Å². The molecular formula is C47H50IrN2SSi-2. The zero-order valence-corrected chi connectivity index (χ0v) is 36.3. The van der Waals surface area contributed by atoms with Gasteiger partial charge in [-0.15, -0.1) is 53.1 Å². The summed E-state index contributed by atoms with van der Waals surface area (Å²) in [6.45, 7) is 22.1. The van der Waals surface area contributed by atoms with Crippen molar-refractivity contribution >= 4 is 44.8 Å². The molecule has 0 aliphatic carbocycles. The number of benzene rings is 4. The molecule has 0 aliphatic heterocycles. The topological polar surface area (TPSA) is 25.8 Å². The summed E-state index contributed by atoms with van der Waals surface area (Å²) in [5.41, 5.74) is 10.3. The van der Waals surface area contributed by atoms with Crippen LogP contribution in [0.2, 0.25) is 19.6 Å². The van der Waals surface area contributed by atoms with Crippen LogP contribution in [0, 0.1) is 12.1 Å². The average molecular weight is 896 g/mol. The third-order valence-corrected chi connectivity index (χ3v) is 12.8. The van der Waals surface area contributed by atoms with Crippen LogP contribution in [-0.2, 0) is 25.5 Å². The van der Waals surface area contributed by atoms with Crippen molar-refractivity contribution in [3.8, 4) is 33.6 Å². The molecule has 52 heavy (non-hydrogen) atoms. The molecule has 269 valence electrons. The Bertz CT molecular complexity index is 2330. The maximum absolute atomic E-state index is 8.73. The number of hydrogen-bond donors (Lipinski definition) is 0. The van der Waals surface area contributed by atoms with Crippen LogP contribution < -0.4 is 5.19 Å². The fourth-order valence-electron chi connectivity index (χ4n) is 6.29. The van der Waals surface area contributed by atoms with Crippen LogP contribution in [0.1, 0.15) is 78.3 Å².